The maximum atomic E-state index is 5.41. The smallest absolute Gasteiger partial charge is 0.0692 e. The summed E-state index contributed by atoms with van der Waals surface area (Å²) in [4.78, 5) is 4.06. The van der Waals surface area contributed by atoms with Gasteiger partial charge in [-0.3, -0.25) is 4.98 Å². The zero-order chi connectivity index (χ0) is 7.56. The number of hydrogen-bond acceptors (Lipinski definition) is 2. The third kappa shape index (κ3) is 1.56. The molecule has 10 heavy (non-hydrogen) atoms. The van der Waals surface area contributed by atoms with E-state index in [0.717, 1.165) is 14.6 Å². The monoisotopic (exact) mass is 264 g/mol. The van der Waals surface area contributed by atoms with E-state index in [1.165, 1.54) is 0 Å². The van der Waals surface area contributed by atoms with E-state index in [0.29, 0.717) is 6.54 Å². The van der Waals surface area contributed by atoms with Crippen molar-refractivity contribution < 1.29 is 0 Å². The first kappa shape index (κ1) is 8.17. The number of aromatic nitrogens is 1. The van der Waals surface area contributed by atoms with Crippen LogP contribution in [0, 0.1) is 0 Å². The highest BCUT2D eigenvalue weighted by molar-refractivity contribution is 9.13. The summed E-state index contributed by atoms with van der Waals surface area (Å²) >= 11 is 6.70. The maximum Gasteiger partial charge on any atom is 0.0692 e. The highest BCUT2D eigenvalue weighted by Gasteiger charge is 2.00. The van der Waals surface area contributed by atoms with Gasteiger partial charge in [-0.2, -0.15) is 0 Å². The van der Waals surface area contributed by atoms with Gasteiger partial charge in [-0.1, -0.05) is 0 Å². The predicted molar refractivity (Wildman–Crippen MR) is 47.5 cm³/mol. The Labute approximate surface area is 76.1 Å². The molecule has 0 unspecified atom stereocenters. The van der Waals surface area contributed by atoms with E-state index in [-0.39, 0.29) is 0 Å². The zero-order valence-electron chi connectivity index (χ0n) is 5.14. The normalized spacial score (nSPS) is 9.90. The molecule has 1 rings (SSSR count). The van der Waals surface area contributed by atoms with Gasteiger partial charge in [0.2, 0.25) is 0 Å². The summed E-state index contributed by atoms with van der Waals surface area (Å²) in [7, 11) is 0. The van der Waals surface area contributed by atoms with Crippen LogP contribution in [0.5, 0.6) is 0 Å². The molecule has 0 aromatic carbocycles. The van der Waals surface area contributed by atoms with E-state index >= 15 is 0 Å². The molecule has 0 bridgehead atoms. The molecule has 0 atom stereocenters. The molecule has 0 radical (unpaired) electrons. The van der Waals surface area contributed by atoms with Crippen LogP contribution in [-0.4, -0.2) is 4.98 Å². The SMILES string of the molecule is NCc1nccc(Br)c1Br. The second-order valence-corrected chi connectivity index (χ2v) is 3.40. The van der Waals surface area contributed by atoms with Crippen LogP contribution in [0.15, 0.2) is 21.2 Å². The molecule has 0 saturated carbocycles. The van der Waals surface area contributed by atoms with Crippen LogP contribution < -0.4 is 5.73 Å². The summed E-state index contributed by atoms with van der Waals surface area (Å²) in [5.41, 5.74) is 6.28. The van der Waals surface area contributed by atoms with E-state index in [1.807, 2.05) is 6.07 Å². The molecule has 4 heteroatoms. The molecule has 1 aromatic rings. The third-order valence-corrected chi connectivity index (χ3v) is 3.19. The van der Waals surface area contributed by atoms with Crippen LogP contribution in [0.2, 0.25) is 0 Å². The van der Waals surface area contributed by atoms with Crippen molar-refractivity contribution in [2.45, 2.75) is 6.54 Å². The first-order valence-electron chi connectivity index (χ1n) is 2.74. The Bertz CT molecular complexity index is 237. The Morgan fingerprint density at radius 3 is 2.70 bits per heavy atom. The lowest BCUT2D eigenvalue weighted by Crippen LogP contribution is -2.00. The first-order valence-corrected chi connectivity index (χ1v) is 4.33. The van der Waals surface area contributed by atoms with Crippen molar-refractivity contribution in [3.05, 3.63) is 26.9 Å². The van der Waals surface area contributed by atoms with Crippen LogP contribution in [-0.2, 0) is 6.54 Å². The molecule has 0 amide bonds. The fourth-order valence-electron chi connectivity index (χ4n) is 0.603. The number of halogens is 2. The standard InChI is InChI=1S/C6H6Br2N2/c7-4-1-2-10-5(3-9)6(4)8/h1-2H,3,9H2. The number of pyridine rings is 1. The van der Waals surface area contributed by atoms with Crippen LogP contribution in [0.25, 0.3) is 0 Å². The van der Waals surface area contributed by atoms with Gasteiger partial charge in [-0.05, 0) is 37.9 Å². The van der Waals surface area contributed by atoms with E-state index in [2.05, 4.69) is 36.8 Å². The van der Waals surface area contributed by atoms with Gasteiger partial charge in [0.15, 0.2) is 0 Å². The lowest BCUT2D eigenvalue weighted by Gasteiger charge is -1.99. The Balaban J connectivity index is 3.14. The summed E-state index contributed by atoms with van der Waals surface area (Å²) < 4.78 is 1.93. The van der Waals surface area contributed by atoms with Crippen molar-refractivity contribution >= 4 is 31.9 Å². The molecule has 2 N–H and O–H groups in total. The van der Waals surface area contributed by atoms with Gasteiger partial charge in [-0.15, -0.1) is 0 Å². The first-order chi connectivity index (χ1) is 4.75. The number of hydrogen-bond donors (Lipinski definition) is 1. The molecule has 0 spiro atoms. The Morgan fingerprint density at radius 2 is 2.20 bits per heavy atom. The number of nitrogens with zero attached hydrogens (tertiary/aromatic N) is 1. The molecular formula is C6H6Br2N2. The maximum absolute atomic E-state index is 5.41. The van der Waals surface area contributed by atoms with Gasteiger partial charge < -0.3 is 5.73 Å². The van der Waals surface area contributed by atoms with Crippen molar-refractivity contribution in [2.24, 2.45) is 5.73 Å². The average molecular weight is 266 g/mol. The second kappa shape index (κ2) is 3.46. The van der Waals surface area contributed by atoms with E-state index in [4.69, 9.17) is 5.73 Å². The van der Waals surface area contributed by atoms with Crippen LogP contribution in [0.3, 0.4) is 0 Å². The summed E-state index contributed by atoms with van der Waals surface area (Å²) in [6.45, 7) is 0.458. The van der Waals surface area contributed by atoms with Gasteiger partial charge in [0.1, 0.15) is 0 Å². The fourth-order valence-corrected chi connectivity index (χ4v) is 1.35. The molecule has 0 aliphatic rings. The highest BCUT2D eigenvalue weighted by atomic mass is 79.9. The molecule has 54 valence electrons. The molecule has 1 aromatic heterocycles. The van der Waals surface area contributed by atoms with Gasteiger partial charge in [0.05, 0.1) is 10.2 Å². The Hall–Kier alpha value is 0.0700. The van der Waals surface area contributed by atoms with Gasteiger partial charge in [-0.25, -0.2) is 0 Å². The molecule has 0 aliphatic heterocycles. The average Bonchev–Trinajstić information content (AvgIpc) is 1.95. The van der Waals surface area contributed by atoms with Gasteiger partial charge in [0, 0.05) is 17.2 Å². The Kier molecular flexibility index (Phi) is 2.82. The predicted octanol–water partition coefficient (Wildman–Crippen LogP) is 2.07. The second-order valence-electron chi connectivity index (χ2n) is 1.76. The largest absolute Gasteiger partial charge is 0.325 e. The molecule has 1 heterocycles. The van der Waals surface area contributed by atoms with E-state index < -0.39 is 0 Å². The van der Waals surface area contributed by atoms with Crippen molar-refractivity contribution in [2.75, 3.05) is 0 Å². The topological polar surface area (TPSA) is 38.9 Å². The van der Waals surface area contributed by atoms with E-state index in [1.54, 1.807) is 6.20 Å². The zero-order valence-corrected chi connectivity index (χ0v) is 8.31. The summed E-state index contributed by atoms with van der Waals surface area (Å²) in [5, 5.41) is 0. The minimum absolute atomic E-state index is 0.458. The van der Waals surface area contributed by atoms with E-state index in [9.17, 15) is 0 Å². The van der Waals surface area contributed by atoms with Crippen LogP contribution in [0.4, 0.5) is 0 Å². The lowest BCUT2D eigenvalue weighted by atomic mass is 10.4. The van der Waals surface area contributed by atoms with Crippen LogP contribution >= 0.6 is 31.9 Å². The summed E-state index contributed by atoms with van der Waals surface area (Å²) in [5.74, 6) is 0. The molecule has 0 aliphatic carbocycles. The van der Waals surface area contributed by atoms with Crippen molar-refractivity contribution in [3.8, 4) is 0 Å². The fraction of sp³-hybridized carbons (Fsp3) is 0.167. The molecule has 0 saturated heterocycles. The minimum Gasteiger partial charge on any atom is -0.325 e. The number of rotatable bonds is 1. The Morgan fingerprint density at radius 1 is 1.50 bits per heavy atom. The third-order valence-electron chi connectivity index (χ3n) is 1.11. The van der Waals surface area contributed by atoms with Crippen molar-refractivity contribution in [3.63, 3.8) is 0 Å². The van der Waals surface area contributed by atoms with Crippen molar-refractivity contribution in [1.82, 2.24) is 4.98 Å². The van der Waals surface area contributed by atoms with Crippen molar-refractivity contribution in [1.29, 1.82) is 0 Å². The number of nitrogens with two attached hydrogens (primary N) is 1. The summed E-state index contributed by atoms with van der Waals surface area (Å²) in [6, 6.07) is 1.86. The quantitative estimate of drug-likeness (QED) is 0.844. The van der Waals surface area contributed by atoms with Gasteiger partial charge >= 0.3 is 0 Å². The highest BCUT2D eigenvalue weighted by Crippen LogP contribution is 2.24. The molecule has 0 fully saturated rings. The van der Waals surface area contributed by atoms with Gasteiger partial charge in [0.25, 0.3) is 0 Å². The molecule has 2 nitrogen and oxygen atoms in total. The lowest BCUT2D eigenvalue weighted by molar-refractivity contribution is 0.975. The molecular weight excluding hydrogens is 260 g/mol. The minimum atomic E-state index is 0.458. The summed E-state index contributed by atoms with van der Waals surface area (Å²) in [6.07, 6.45) is 1.72. The van der Waals surface area contributed by atoms with Crippen LogP contribution in [0.1, 0.15) is 5.69 Å².